The smallest absolute Gasteiger partial charge is 0.231 e. The summed E-state index contributed by atoms with van der Waals surface area (Å²) >= 11 is 0. The molecule has 0 radical (unpaired) electrons. The number of ether oxygens (including phenoxy) is 1. The van der Waals surface area contributed by atoms with Crippen LogP contribution in [0.2, 0.25) is 0 Å². The highest BCUT2D eigenvalue weighted by atomic mass is 16.5. The Morgan fingerprint density at radius 2 is 1.64 bits per heavy atom. The van der Waals surface area contributed by atoms with E-state index < -0.39 is 0 Å². The first-order valence-electron chi connectivity index (χ1n) is 13.8. The molecule has 1 atom stereocenters. The molecule has 3 aromatic carbocycles. The van der Waals surface area contributed by atoms with E-state index in [1.54, 1.807) is 6.20 Å². The first kappa shape index (κ1) is 26.4. The number of amides is 1. The highest BCUT2D eigenvalue weighted by molar-refractivity contribution is 5.95. The molecule has 0 bridgehead atoms. The van der Waals surface area contributed by atoms with Gasteiger partial charge in [0.2, 0.25) is 5.91 Å². The van der Waals surface area contributed by atoms with E-state index in [4.69, 9.17) is 9.72 Å². The van der Waals surface area contributed by atoms with Gasteiger partial charge >= 0.3 is 0 Å². The van der Waals surface area contributed by atoms with Crippen LogP contribution in [0.4, 0.5) is 11.5 Å². The fraction of sp³-hybridized carbons (Fsp3) is 0.273. The summed E-state index contributed by atoms with van der Waals surface area (Å²) in [5.74, 6) is 2.48. The van der Waals surface area contributed by atoms with Crippen LogP contribution in [0.3, 0.4) is 0 Å². The second kappa shape index (κ2) is 13.1. The van der Waals surface area contributed by atoms with Crippen molar-refractivity contribution in [3.8, 4) is 11.5 Å². The number of benzene rings is 3. The molecule has 1 saturated heterocycles. The van der Waals surface area contributed by atoms with E-state index in [1.165, 1.54) is 5.56 Å². The number of rotatable bonds is 9. The zero-order chi connectivity index (χ0) is 26.9. The maximum Gasteiger partial charge on any atom is 0.231 e. The van der Waals surface area contributed by atoms with Crippen molar-refractivity contribution >= 4 is 17.4 Å². The molecule has 0 saturated carbocycles. The van der Waals surface area contributed by atoms with Crippen molar-refractivity contribution in [2.45, 2.75) is 32.2 Å². The maximum absolute atomic E-state index is 12.9. The van der Waals surface area contributed by atoms with Crippen LogP contribution >= 0.6 is 0 Å². The lowest BCUT2D eigenvalue weighted by Gasteiger charge is -2.23. The van der Waals surface area contributed by atoms with Crippen molar-refractivity contribution in [1.82, 2.24) is 9.88 Å². The minimum absolute atomic E-state index is 0.00176. The number of carbonyl (C=O) groups is 1. The van der Waals surface area contributed by atoms with E-state index in [-0.39, 0.29) is 11.8 Å². The van der Waals surface area contributed by atoms with Gasteiger partial charge in [0.15, 0.2) is 0 Å². The molecule has 1 aromatic heterocycles. The van der Waals surface area contributed by atoms with Crippen LogP contribution in [0.15, 0.2) is 103 Å². The van der Waals surface area contributed by atoms with Gasteiger partial charge < -0.3 is 15.0 Å². The Balaban J connectivity index is 1.15. The summed E-state index contributed by atoms with van der Waals surface area (Å²) in [6, 6.07) is 32.1. The van der Waals surface area contributed by atoms with Gasteiger partial charge in [-0.3, -0.25) is 9.69 Å². The van der Waals surface area contributed by atoms with Gasteiger partial charge in [0.1, 0.15) is 17.3 Å². The third kappa shape index (κ3) is 7.24. The third-order valence-corrected chi connectivity index (χ3v) is 7.14. The van der Waals surface area contributed by atoms with Crippen molar-refractivity contribution in [2.24, 2.45) is 0 Å². The number of nitrogens with zero attached hydrogens (tertiary/aromatic N) is 3. The average Bonchev–Trinajstić information content (AvgIpc) is 3.21. The first-order valence-corrected chi connectivity index (χ1v) is 13.8. The largest absolute Gasteiger partial charge is 0.457 e. The summed E-state index contributed by atoms with van der Waals surface area (Å²) in [6.45, 7) is 6.78. The molecule has 6 nitrogen and oxygen atoms in total. The maximum atomic E-state index is 12.9. The molecule has 5 rings (SSSR count). The summed E-state index contributed by atoms with van der Waals surface area (Å²) in [5.41, 5.74) is 3.01. The van der Waals surface area contributed by atoms with Crippen LogP contribution in [0.1, 0.15) is 36.8 Å². The zero-order valence-corrected chi connectivity index (χ0v) is 22.5. The molecule has 39 heavy (non-hydrogen) atoms. The van der Waals surface area contributed by atoms with Crippen LogP contribution < -0.4 is 15.0 Å². The Morgan fingerprint density at radius 3 is 2.38 bits per heavy atom. The number of anilines is 2. The molecule has 1 aliphatic rings. The van der Waals surface area contributed by atoms with Crippen LogP contribution in [0.25, 0.3) is 0 Å². The number of pyridine rings is 1. The number of carbonyl (C=O) groups excluding carboxylic acids is 1. The van der Waals surface area contributed by atoms with Crippen LogP contribution in [-0.2, 0) is 11.3 Å². The normalized spacial score (nSPS) is 14.8. The van der Waals surface area contributed by atoms with Crippen LogP contribution in [0, 0.1) is 0 Å². The number of hydrogen-bond donors (Lipinski definition) is 1. The number of nitrogens with one attached hydrogen (secondary N) is 1. The molecule has 1 aliphatic heterocycles. The third-order valence-electron chi connectivity index (χ3n) is 7.14. The van der Waals surface area contributed by atoms with Gasteiger partial charge in [-0.1, -0.05) is 67.6 Å². The number of para-hydroxylation sites is 1. The molecule has 6 heteroatoms. The van der Waals surface area contributed by atoms with Gasteiger partial charge in [0.05, 0.1) is 17.8 Å². The predicted octanol–water partition coefficient (Wildman–Crippen LogP) is 6.72. The second-order valence-electron chi connectivity index (χ2n) is 9.95. The quantitative estimate of drug-likeness (QED) is 0.266. The number of aromatic nitrogens is 1. The van der Waals surface area contributed by atoms with E-state index in [2.05, 4.69) is 33.3 Å². The topological polar surface area (TPSA) is 57.7 Å². The van der Waals surface area contributed by atoms with Crippen molar-refractivity contribution in [2.75, 3.05) is 36.4 Å². The van der Waals surface area contributed by atoms with Crippen molar-refractivity contribution in [1.29, 1.82) is 0 Å². The van der Waals surface area contributed by atoms with Gasteiger partial charge in [-0.25, -0.2) is 4.98 Å². The summed E-state index contributed by atoms with van der Waals surface area (Å²) in [5, 5.41) is 3.05. The number of hydrogen-bond acceptors (Lipinski definition) is 5. The summed E-state index contributed by atoms with van der Waals surface area (Å²) in [4.78, 5) is 22.4. The van der Waals surface area contributed by atoms with E-state index in [1.807, 2.05) is 85.8 Å². The van der Waals surface area contributed by atoms with E-state index in [0.29, 0.717) is 0 Å². The Kier molecular flexibility index (Phi) is 8.86. The molecule has 4 aromatic rings. The van der Waals surface area contributed by atoms with Gasteiger partial charge in [0, 0.05) is 32.7 Å². The highest BCUT2D eigenvalue weighted by Crippen LogP contribution is 2.24. The SMILES string of the molecule is CC[C@H](C(=O)Nc1ccc(N2CCCN(Cc3cccc(Oc4ccccc4)c3)CC2)nc1)c1ccccc1. The Hall–Kier alpha value is -4.16. The molecule has 0 aliphatic carbocycles. The van der Waals surface area contributed by atoms with Crippen molar-refractivity contribution in [3.05, 3.63) is 114 Å². The standard InChI is InChI=1S/C33H36N4O2/c1-2-31(27-12-5-3-6-13-27)33(38)35-28-17-18-32(34-24-28)37-20-10-19-36(21-22-37)25-26-11-9-16-30(23-26)39-29-14-7-4-8-15-29/h3-9,11-18,23-24,31H,2,10,19-22,25H2,1H3,(H,35,38)/t31-/m0/s1. The lowest BCUT2D eigenvalue weighted by Crippen LogP contribution is -2.31. The summed E-state index contributed by atoms with van der Waals surface area (Å²) in [7, 11) is 0. The van der Waals surface area contributed by atoms with E-state index >= 15 is 0 Å². The predicted molar refractivity (Wildman–Crippen MR) is 157 cm³/mol. The summed E-state index contributed by atoms with van der Waals surface area (Å²) < 4.78 is 6.02. The molecular formula is C33H36N4O2. The molecule has 1 fully saturated rings. The molecule has 1 amide bonds. The monoisotopic (exact) mass is 520 g/mol. The average molecular weight is 521 g/mol. The zero-order valence-electron chi connectivity index (χ0n) is 22.5. The van der Waals surface area contributed by atoms with Crippen LogP contribution in [0.5, 0.6) is 11.5 Å². The minimum atomic E-state index is -0.173. The van der Waals surface area contributed by atoms with Gasteiger partial charge in [-0.05, 0) is 60.4 Å². The van der Waals surface area contributed by atoms with Crippen molar-refractivity contribution in [3.63, 3.8) is 0 Å². The minimum Gasteiger partial charge on any atom is -0.457 e. The fourth-order valence-electron chi connectivity index (χ4n) is 5.08. The fourth-order valence-corrected chi connectivity index (χ4v) is 5.08. The molecule has 200 valence electrons. The lowest BCUT2D eigenvalue weighted by molar-refractivity contribution is -0.117. The first-order chi connectivity index (χ1) is 19.2. The second-order valence-corrected chi connectivity index (χ2v) is 9.95. The molecule has 2 heterocycles. The lowest BCUT2D eigenvalue weighted by atomic mass is 9.95. The molecule has 0 unspecified atom stereocenters. The van der Waals surface area contributed by atoms with Crippen LogP contribution in [-0.4, -0.2) is 42.0 Å². The van der Waals surface area contributed by atoms with Gasteiger partial charge in [0.25, 0.3) is 0 Å². The Labute approximate surface area is 231 Å². The van der Waals surface area contributed by atoms with E-state index in [9.17, 15) is 4.79 Å². The van der Waals surface area contributed by atoms with Crippen molar-refractivity contribution < 1.29 is 9.53 Å². The van der Waals surface area contributed by atoms with E-state index in [0.717, 1.165) is 74.1 Å². The highest BCUT2D eigenvalue weighted by Gasteiger charge is 2.20. The van der Waals surface area contributed by atoms with Gasteiger partial charge in [-0.15, -0.1) is 0 Å². The molecular weight excluding hydrogens is 484 g/mol. The Bertz CT molecular complexity index is 1330. The molecule has 1 N–H and O–H groups in total. The molecule has 0 spiro atoms. The van der Waals surface area contributed by atoms with Gasteiger partial charge in [-0.2, -0.15) is 0 Å². The summed E-state index contributed by atoms with van der Waals surface area (Å²) in [6.07, 6.45) is 3.58. The Morgan fingerprint density at radius 1 is 0.872 bits per heavy atom.